The van der Waals surface area contributed by atoms with Gasteiger partial charge in [-0.2, -0.15) is 0 Å². The quantitative estimate of drug-likeness (QED) is 0.776. The highest BCUT2D eigenvalue weighted by molar-refractivity contribution is 6.02. The van der Waals surface area contributed by atoms with Crippen molar-refractivity contribution in [3.63, 3.8) is 0 Å². The van der Waals surface area contributed by atoms with E-state index in [4.69, 9.17) is 9.47 Å². The number of carboxylic acids is 1. The van der Waals surface area contributed by atoms with Gasteiger partial charge in [-0.3, -0.25) is 0 Å². The zero-order chi connectivity index (χ0) is 13.7. The molecule has 2 aromatic rings. The largest absolute Gasteiger partial charge is 0.478 e. The van der Waals surface area contributed by atoms with Gasteiger partial charge < -0.3 is 19.1 Å². The predicted molar refractivity (Wildman–Crippen MR) is 71.6 cm³/mol. The molecule has 19 heavy (non-hydrogen) atoms. The first-order valence-corrected chi connectivity index (χ1v) is 6.12. The minimum Gasteiger partial charge on any atom is -0.478 e. The lowest BCUT2D eigenvalue weighted by molar-refractivity contribution is 0.0666. The fourth-order valence-corrected chi connectivity index (χ4v) is 2.03. The van der Waals surface area contributed by atoms with Crippen LogP contribution in [0.4, 0.5) is 0 Å². The van der Waals surface area contributed by atoms with E-state index < -0.39 is 5.97 Å². The zero-order valence-corrected chi connectivity index (χ0v) is 10.8. The highest BCUT2D eigenvalue weighted by Crippen LogP contribution is 2.20. The van der Waals surface area contributed by atoms with Crippen molar-refractivity contribution in [1.29, 1.82) is 0 Å². The number of nitrogens with zero attached hydrogens (tertiary/aromatic N) is 1. The molecule has 1 aromatic heterocycles. The van der Waals surface area contributed by atoms with Crippen LogP contribution in [0, 0.1) is 0 Å². The third kappa shape index (κ3) is 3.13. The van der Waals surface area contributed by atoms with E-state index in [0.29, 0.717) is 31.9 Å². The van der Waals surface area contributed by atoms with Gasteiger partial charge in [0.15, 0.2) is 0 Å². The number of benzene rings is 1. The molecule has 0 aliphatic heterocycles. The van der Waals surface area contributed by atoms with E-state index >= 15 is 0 Å². The van der Waals surface area contributed by atoms with Crippen LogP contribution in [0.15, 0.2) is 30.5 Å². The van der Waals surface area contributed by atoms with Crippen molar-refractivity contribution in [2.45, 2.75) is 6.54 Å². The molecular weight excluding hydrogens is 246 g/mol. The van der Waals surface area contributed by atoms with E-state index in [-0.39, 0.29) is 0 Å². The Kier molecular flexibility index (Phi) is 4.54. The van der Waals surface area contributed by atoms with E-state index in [0.717, 1.165) is 10.9 Å². The summed E-state index contributed by atoms with van der Waals surface area (Å²) in [6, 6.07) is 7.19. The van der Waals surface area contributed by atoms with Gasteiger partial charge >= 0.3 is 5.97 Å². The fourth-order valence-electron chi connectivity index (χ4n) is 2.03. The molecule has 0 radical (unpaired) electrons. The van der Waals surface area contributed by atoms with Crippen molar-refractivity contribution in [3.8, 4) is 0 Å². The van der Waals surface area contributed by atoms with Gasteiger partial charge in [-0.1, -0.05) is 12.1 Å². The summed E-state index contributed by atoms with van der Waals surface area (Å²) >= 11 is 0. The van der Waals surface area contributed by atoms with Crippen LogP contribution in [0.2, 0.25) is 0 Å². The third-order valence-corrected chi connectivity index (χ3v) is 2.93. The number of carbonyl (C=O) groups is 1. The average molecular weight is 263 g/mol. The van der Waals surface area contributed by atoms with Crippen LogP contribution in [0.25, 0.3) is 10.9 Å². The molecule has 0 amide bonds. The zero-order valence-electron chi connectivity index (χ0n) is 10.8. The highest BCUT2D eigenvalue weighted by Gasteiger charge is 2.11. The van der Waals surface area contributed by atoms with Gasteiger partial charge in [0.05, 0.1) is 30.9 Å². The lowest BCUT2D eigenvalue weighted by atomic mass is 10.1. The summed E-state index contributed by atoms with van der Waals surface area (Å²) in [4.78, 5) is 11.2. The normalized spacial score (nSPS) is 11.0. The Morgan fingerprint density at radius 2 is 2.11 bits per heavy atom. The van der Waals surface area contributed by atoms with Gasteiger partial charge in [0.25, 0.3) is 0 Å². The maximum Gasteiger partial charge on any atom is 0.337 e. The molecule has 0 saturated heterocycles. The Labute approximate surface area is 111 Å². The second kappa shape index (κ2) is 6.36. The SMILES string of the molecule is COCCOCCn1ccc2cccc(C(=O)O)c21. The van der Waals surface area contributed by atoms with Crippen molar-refractivity contribution in [2.75, 3.05) is 26.9 Å². The molecule has 5 heteroatoms. The molecule has 0 bridgehead atoms. The van der Waals surface area contributed by atoms with Crippen molar-refractivity contribution < 1.29 is 19.4 Å². The average Bonchev–Trinajstić information content (AvgIpc) is 2.81. The smallest absolute Gasteiger partial charge is 0.337 e. The van der Waals surface area contributed by atoms with Crippen LogP contribution < -0.4 is 0 Å². The molecule has 1 aromatic carbocycles. The summed E-state index contributed by atoms with van der Waals surface area (Å²) in [5.74, 6) is -0.911. The highest BCUT2D eigenvalue weighted by atomic mass is 16.5. The summed E-state index contributed by atoms with van der Waals surface area (Å²) in [5, 5.41) is 10.1. The Balaban J connectivity index is 2.12. The summed E-state index contributed by atoms with van der Waals surface area (Å²) in [7, 11) is 1.63. The first-order valence-electron chi connectivity index (χ1n) is 6.12. The summed E-state index contributed by atoms with van der Waals surface area (Å²) in [5.41, 5.74) is 1.06. The molecule has 0 spiro atoms. The van der Waals surface area contributed by atoms with Crippen LogP contribution in [0.3, 0.4) is 0 Å². The topological polar surface area (TPSA) is 60.7 Å². The minimum absolute atomic E-state index is 0.319. The second-order valence-electron chi connectivity index (χ2n) is 4.16. The molecule has 102 valence electrons. The molecule has 1 heterocycles. The molecule has 0 aliphatic rings. The molecule has 0 atom stereocenters. The van der Waals surface area contributed by atoms with E-state index in [9.17, 15) is 9.90 Å². The second-order valence-corrected chi connectivity index (χ2v) is 4.16. The Bertz CT molecular complexity index is 562. The number of aromatic nitrogens is 1. The molecule has 5 nitrogen and oxygen atoms in total. The minimum atomic E-state index is -0.911. The van der Waals surface area contributed by atoms with Crippen molar-refractivity contribution in [1.82, 2.24) is 4.57 Å². The fraction of sp³-hybridized carbons (Fsp3) is 0.357. The first-order chi connectivity index (χ1) is 9.24. The van der Waals surface area contributed by atoms with Crippen LogP contribution in [0.1, 0.15) is 10.4 Å². The monoisotopic (exact) mass is 263 g/mol. The molecule has 0 aliphatic carbocycles. The number of methoxy groups -OCH3 is 1. The van der Waals surface area contributed by atoms with Gasteiger partial charge in [-0.15, -0.1) is 0 Å². The summed E-state index contributed by atoms with van der Waals surface area (Å²) in [6.07, 6.45) is 1.89. The molecular formula is C14H17NO4. The van der Waals surface area contributed by atoms with E-state index in [2.05, 4.69) is 0 Å². The maximum atomic E-state index is 11.2. The van der Waals surface area contributed by atoms with Crippen LogP contribution in [-0.4, -0.2) is 42.6 Å². The van der Waals surface area contributed by atoms with Crippen molar-refractivity contribution in [2.24, 2.45) is 0 Å². The Morgan fingerprint density at radius 1 is 1.26 bits per heavy atom. The van der Waals surface area contributed by atoms with Crippen LogP contribution in [0.5, 0.6) is 0 Å². The van der Waals surface area contributed by atoms with E-state index in [1.807, 2.05) is 22.9 Å². The standard InChI is InChI=1S/C14H17NO4/c1-18-9-10-19-8-7-15-6-5-11-3-2-4-12(13(11)15)14(16)17/h2-6H,7-10H2,1H3,(H,16,17). The van der Waals surface area contributed by atoms with Crippen molar-refractivity contribution >= 4 is 16.9 Å². The van der Waals surface area contributed by atoms with Crippen LogP contribution in [-0.2, 0) is 16.0 Å². The summed E-state index contributed by atoms with van der Waals surface area (Å²) in [6.45, 7) is 2.26. The number of para-hydroxylation sites is 1. The number of fused-ring (bicyclic) bond motifs is 1. The number of hydrogen-bond donors (Lipinski definition) is 1. The number of aromatic carboxylic acids is 1. The van der Waals surface area contributed by atoms with Gasteiger partial charge in [0.2, 0.25) is 0 Å². The van der Waals surface area contributed by atoms with Gasteiger partial charge in [-0.05, 0) is 12.1 Å². The van der Waals surface area contributed by atoms with Crippen molar-refractivity contribution in [3.05, 3.63) is 36.0 Å². The number of ether oxygens (including phenoxy) is 2. The third-order valence-electron chi connectivity index (χ3n) is 2.93. The molecule has 2 rings (SSSR count). The lowest BCUT2D eigenvalue weighted by Crippen LogP contribution is -2.10. The number of rotatable bonds is 7. The predicted octanol–water partition coefficient (Wildman–Crippen LogP) is 2.00. The first kappa shape index (κ1) is 13.6. The van der Waals surface area contributed by atoms with Gasteiger partial charge in [0.1, 0.15) is 0 Å². The molecule has 0 unspecified atom stereocenters. The number of hydrogen-bond acceptors (Lipinski definition) is 3. The maximum absolute atomic E-state index is 11.2. The Hall–Kier alpha value is -1.85. The summed E-state index contributed by atoms with van der Waals surface area (Å²) < 4.78 is 12.2. The van der Waals surface area contributed by atoms with Crippen LogP contribution >= 0.6 is 0 Å². The lowest BCUT2D eigenvalue weighted by Gasteiger charge is -2.08. The van der Waals surface area contributed by atoms with Gasteiger partial charge in [0, 0.05) is 25.2 Å². The molecule has 1 N–H and O–H groups in total. The Morgan fingerprint density at radius 3 is 2.84 bits per heavy atom. The molecule has 0 fully saturated rings. The van der Waals surface area contributed by atoms with E-state index in [1.54, 1.807) is 19.2 Å². The van der Waals surface area contributed by atoms with Gasteiger partial charge in [-0.25, -0.2) is 4.79 Å². The number of carboxylic acid groups (broad SMARTS) is 1. The van der Waals surface area contributed by atoms with E-state index in [1.165, 1.54) is 0 Å². The molecule has 0 saturated carbocycles.